The lowest BCUT2D eigenvalue weighted by Gasteiger charge is -2.05. The van der Waals surface area contributed by atoms with Crippen molar-refractivity contribution in [1.29, 1.82) is 0 Å². The Morgan fingerprint density at radius 3 is 0.286 bits per heavy atom. The summed E-state index contributed by atoms with van der Waals surface area (Å²) in [6, 6.07) is 0. The van der Waals surface area contributed by atoms with E-state index in [4.69, 9.17) is 0 Å². The Morgan fingerprint density at radius 2 is 0.214 bits per heavy atom. The molecule has 2 fully saturated rings. The summed E-state index contributed by atoms with van der Waals surface area (Å²) in [4.78, 5) is 0. The first kappa shape index (κ1) is 12.1. The summed E-state index contributed by atoms with van der Waals surface area (Å²) >= 11 is 0. The molecule has 0 saturated heterocycles. The van der Waals surface area contributed by atoms with Crippen LogP contribution in [-0.2, 0) is 0 Å². The molecule has 0 nitrogen and oxygen atoms in total. The zero-order chi connectivity index (χ0) is 9.90. The molecule has 2 saturated carbocycles. The van der Waals surface area contributed by atoms with Gasteiger partial charge in [-0.1, -0.05) is 89.9 Å². The van der Waals surface area contributed by atoms with Crippen molar-refractivity contribution in [3.8, 4) is 0 Å². The third-order valence-electron chi connectivity index (χ3n) is 3.50. The molecule has 0 N–H and O–H groups in total. The average Bonchev–Trinajstić information content (AvgIpc) is 2.12. The highest BCUT2D eigenvalue weighted by Crippen LogP contribution is 2.16. The van der Waals surface area contributed by atoms with Crippen molar-refractivity contribution in [3.05, 3.63) is 0 Å². The number of hydrogen-bond donors (Lipinski definition) is 0. The molecule has 0 radical (unpaired) electrons. The van der Waals surface area contributed by atoms with Gasteiger partial charge in [0.15, 0.2) is 0 Å². The van der Waals surface area contributed by atoms with Gasteiger partial charge in [-0.2, -0.15) is 0 Å². The maximum absolute atomic E-state index is 1.50. The predicted molar refractivity (Wildman–Crippen MR) is 64.6 cm³/mol. The molecule has 2 rings (SSSR count). The first-order valence-corrected chi connectivity index (χ1v) is 7.00. The van der Waals surface area contributed by atoms with Crippen LogP contribution in [0.15, 0.2) is 0 Å². The van der Waals surface area contributed by atoms with Gasteiger partial charge < -0.3 is 0 Å². The van der Waals surface area contributed by atoms with E-state index < -0.39 is 0 Å². The summed E-state index contributed by atoms with van der Waals surface area (Å²) in [5.41, 5.74) is 0. The van der Waals surface area contributed by atoms with Crippen LogP contribution in [-0.4, -0.2) is 0 Å². The van der Waals surface area contributed by atoms with E-state index in [0.29, 0.717) is 0 Å². The van der Waals surface area contributed by atoms with Gasteiger partial charge in [0.05, 0.1) is 0 Å². The molecule has 0 heterocycles. The van der Waals surface area contributed by atoms with Crippen molar-refractivity contribution in [2.45, 2.75) is 89.9 Å². The Kier molecular flexibility index (Phi) is 8.24. The summed E-state index contributed by atoms with van der Waals surface area (Å²) in [6.45, 7) is 0. The highest BCUT2D eigenvalue weighted by atomic mass is 14.0. The monoisotopic (exact) mass is 196 g/mol. The molecule has 0 aromatic carbocycles. The van der Waals surface area contributed by atoms with E-state index in [9.17, 15) is 0 Å². The first-order chi connectivity index (χ1) is 7.00. The molecule has 0 bridgehead atoms. The van der Waals surface area contributed by atoms with Crippen LogP contribution in [0.1, 0.15) is 89.9 Å². The van der Waals surface area contributed by atoms with E-state index in [-0.39, 0.29) is 0 Å². The van der Waals surface area contributed by atoms with Crippen molar-refractivity contribution in [1.82, 2.24) is 0 Å². The van der Waals surface area contributed by atoms with Crippen LogP contribution < -0.4 is 0 Å². The molecular weight excluding hydrogens is 168 g/mol. The van der Waals surface area contributed by atoms with Crippen LogP contribution >= 0.6 is 0 Å². The Hall–Kier alpha value is 0. The van der Waals surface area contributed by atoms with Gasteiger partial charge in [-0.25, -0.2) is 0 Å². The molecule has 84 valence electrons. The second kappa shape index (κ2) is 9.55. The van der Waals surface area contributed by atoms with Crippen LogP contribution in [0.2, 0.25) is 0 Å². The molecule has 0 aromatic rings. The normalized spacial score (nSPS) is 24.0. The Bertz CT molecular complexity index is 65.4. The minimum atomic E-state index is 1.50. The zero-order valence-electron chi connectivity index (χ0n) is 9.90. The summed E-state index contributed by atoms with van der Waals surface area (Å²) in [5, 5.41) is 0. The molecule has 0 heteroatoms. The van der Waals surface area contributed by atoms with E-state index in [2.05, 4.69) is 0 Å². The fourth-order valence-electron chi connectivity index (χ4n) is 2.02. The van der Waals surface area contributed by atoms with Gasteiger partial charge in [0.1, 0.15) is 0 Å². The number of rotatable bonds is 0. The van der Waals surface area contributed by atoms with Gasteiger partial charge in [0.25, 0.3) is 0 Å². The van der Waals surface area contributed by atoms with Crippen molar-refractivity contribution in [2.24, 2.45) is 0 Å². The molecule has 0 unspecified atom stereocenters. The summed E-state index contributed by atoms with van der Waals surface area (Å²) in [5.74, 6) is 0. The standard InChI is InChI=1S/C10H20.C4H8/c1-2-4-6-8-10-9-7-5-3-1;1-2-4-3-1/h1-10H2;1-4H2. The summed E-state index contributed by atoms with van der Waals surface area (Å²) in [6.07, 6.45) is 21.0. The van der Waals surface area contributed by atoms with Crippen LogP contribution in [0.4, 0.5) is 0 Å². The highest BCUT2D eigenvalue weighted by Gasteiger charge is 1.96. The fourth-order valence-corrected chi connectivity index (χ4v) is 2.02. The Morgan fingerprint density at radius 1 is 0.143 bits per heavy atom. The van der Waals surface area contributed by atoms with Gasteiger partial charge in [-0.15, -0.1) is 0 Å². The molecule has 0 aliphatic heterocycles. The van der Waals surface area contributed by atoms with Gasteiger partial charge >= 0.3 is 0 Å². The van der Waals surface area contributed by atoms with Crippen molar-refractivity contribution < 1.29 is 0 Å². The Labute approximate surface area is 90.5 Å². The van der Waals surface area contributed by atoms with Gasteiger partial charge in [-0.05, 0) is 0 Å². The van der Waals surface area contributed by atoms with Gasteiger partial charge in [0.2, 0.25) is 0 Å². The summed E-state index contributed by atoms with van der Waals surface area (Å²) < 4.78 is 0. The number of hydrogen-bond acceptors (Lipinski definition) is 0. The topological polar surface area (TPSA) is 0 Å². The van der Waals surface area contributed by atoms with Gasteiger partial charge in [0, 0.05) is 0 Å². The lowest BCUT2D eigenvalue weighted by atomic mass is 10.0. The minimum Gasteiger partial charge on any atom is -0.0533 e. The zero-order valence-corrected chi connectivity index (χ0v) is 9.90. The van der Waals surface area contributed by atoms with E-state index in [1.165, 1.54) is 89.9 Å². The maximum Gasteiger partial charge on any atom is -0.0533 e. The molecular formula is C14H28. The molecule has 2 aliphatic rings. The quantitative estimate of drug-likeness (QED) is 0.482. The first-order valence-electron chi connectivity index (χ1n) is 7.00. The predicted octanol–water partition coefficient (Wildman–Crippen LogP) is 5.46. The molecule has 0 amide bonds. The highest BCUT2D eigenvalue weighted by molar-refractivity contribution is 4.51. The lowest BCUT2D eigenvalue weighted by molar-refractivity contribution is 0.504. The van der Waals surface area contributed by atoms with Crippen molar-refractivity contribution in [2.75, 3.05) is 0 Å². The average molecular weight is 196 g/mol. The third kappa shape index (κ3) is 7.41. The minimum absolute atomic E-state index is 1.50. The van der Waals surface area contributed by atoms with Crippen LogP contribution in [0, 0.1) is 0 Å². The van der Waals surface area contributed by atoms with Crippen molar-refractivity contribution >= 4 is 0 Å². The van der Waals surface area contributed by atoms with Gasteiger partial charge in [-0.3, -0.25) is 0 Å². The maximum atomic E-state index is 1.50. The Balaban J connectivity index is 0.000000203. The van der Waals surface area contributed by atoms with E-state index in [1.54, 1.807) is 0 Å². The smallest absolute Gasteiger partial charge is 0.0533 e. The SMILES string of the molecule is C1CCC1.C1CCCCCCCCC1. The lowest BCUT2D eigenvalue weighted by Crippen LogP contribution is -1.85. The largest absolute Gasteiger partial charge is 0.0533 e. The molecule has 0 aromatic heterocycles. The third-order valence-corrected chi connectivity index (χ3v) is 3.50. The second-order valence-electron chi connectivity index (χ2n) is 4.95. The van der Waals surface area contributed by atoms with E-state index in [1.807, 2.05) is 0 Å². The molecule has 0 atom stereocenters. The fraction of sp³-hybridized carbons (Fsp3) is 1.00. The second-order valence-corrected chi connectivity index (χ2v) is 4.95. The summed E-state index contributed by atoms with van der Waals surface area (Å²) in [7, 11) is 0. The molecule has 0 spiro atoms. The van der Waals surface area contributed by atoms with Crippen LogP contribution in [0.5, 0.6) is 0 Å². The van der Waals surface area contributed by atoms with E-state index in [0.717, 1.165) is 0 Å². The molecule has 2 aliphatic carbocycles. The van der Waals surface area contributed by atoms with Crippen molar-refractivity contribution in [3.63, 3.8) is 0 Å². The van der Waals surface area contributed by atoms with E-state index >= 15 is 0 Å². The van der Waals surface area contributed by atoms with Crippen LogP contribution in [0.25, 0.3) is 0 Å². The van der Waals surface area contributed by atoms with Crippen LogP contribution in [0.3, 0.4) is 0 Å². The molecule has 14 heavy (non-hydrogen) atoms.